The molecule has 2 aliphatic rings. The number of nitrogens with one attached hydrogen (secondary N) is 1. The molecule has 0 radical (unpaired) electrons. The Balaban J connectivity index is 1.82. The van der Waals surface area contributed by atoms with Crippen LogP contribution in [0.15, 0.2) is 0 Å². The molecular formula is C16H31NO. The molecule has 2 heteroatoms. The smallest absolute Gasteiger partial charge is 0.0585 e. The van der Waals surface area contributed by atoms with Crippen molar-refractivity contribution in [2.24, 2.45) is 11.3 Å². The number of hydrogen-bond donors (Lipinski definition) is 1. The monoisotopic (exact) mass is 253 g/mol. The first-order valence-electron chi connectivity index (χ1n) is 7.96. The van der Waals surface area contributed by atoms with E-state index < -0.39 is 0 Å². The predicted octanol–water partition coefficient (Wildman–Crippen LogP) is 3.75. The van der Waals surface area contributed by atoms with E-state index in [2.05, 4.69) is 26.1 Å². The highest BCUT2D eigenvalue weighted by Crippen LogP contribution is 2.43. The van der Waals surface area contributed by atoms with Gasteiger partial charge in [0.05, 0.1) is 12.2 Å². The van der Waals surface area contributed by atoms with Crippen LogP contribution in [-0.2, 0) is 4.74 Å². The molecule has 0 spiro atoms. The Morgan fingerprint density at radius 1 is 1.22 bits per heavy atom. The van der Waals surface area contributed by atoms with E-state index in [1.807, 2.05) is 0 Å². The fourth-order valence-electron chi connectivity index (χ4n) is 3.72. The second kappa shape index (κ2) is 6.38. The molecule has 1 aliphatic carbocycles. The van der Waals surface area contributed by atoms with Crippen molar-refractivity contribution in [3.8, 4) is 0 Å². The maximum absolute atomic E-state index is 6.05. The van der Waals surface area contributed by atoms with Crippen molar-refractivity contribution in [2.45, 2.75) is 77.9 Å². The van der Waals surface area contributed by atoms with Gasteiger partial charge in [-0.25, -0.2) is 0 Å². The molecule has 1 saturated heterocycles. The molecule has 1 aliphatic heterocycles. The van der Waals surface area contributed by atoms with Crippen molar-refractivity contribution in [3.63, 3.8) is 0 Å². The molecule has 106 valence electrons. The minimum absolute atomic E-state index is 0.497. The van der Waals surface area contributed by atoms with Gasteiger partial charge in [-0.05, 0) is 56.9 Å². The third kappa shape index (κ3) is 3.96. The van der Waals surface area contributed by atoms with Crippen molar-refractivity contribution in [1.82, 2.24) is 5.32 Å². The summed E-state index contributed by atoms with van der Waals surface area (Å²) in [6.07, 6.45) is 10.5. The Morgan fingerprint density at radius 3 is 2.50 bits per heavy atom. The standard InChI is InChI=1S/C16H31NO/c1-13(2)11-17-12-16(8-4-5-9-16)10-15-7-6-14(3)18-15/h13-15,17H,4-12H2,1-3H3. The van der Waals surface area contributed by atoms with Crippen LogP contribution in [0.5, 0.6) is 0 Å². The van der Waals surface area contributed by atoms with Crippen LogP contribution in [0.3, 0.4) is 0 Å². The van der Waals surface area contributed by atoms with E-state index in [1.165, 1.54) is 51.5 Å². The maximum Gasteiger partial charge on any atom is 0.0585 e. The first-order chi connectivity index (χ1) is 8.60. The zero-order valence-electron chi connectivity index (χ0n) is 12.5. The lowest BCUT2D eigenvalue weighted by molar-refractivity contribution is 0.0222. The fourth-order valence-corrected chi connectivity index (χ4v) is 3.72. The summed E-state index contributed by atoms with van der Waals surface area (Å²) in [5.74, 6) is 0.756. The van der Waals surface area contributed by atoms with E-state index in [0.29, 0.717) is 17.6 Å². The molecule has 0 amide bonds. The molecule has 0 bridgehead atoms. The Bertz CT molecular complexity index is 245. The lowest BCUT2D eigenvalue weighted by Gasteiger charge is -2.32. The summed E-state index contributed by atoms with van der Waals surface area (Å²) in [7, 11) is 0. The molecule has 1 saturated carbocycles. The molecule has 18 heavy (non-hydrogen) atoms. The van der Waals surface area contributed by atoms with E-state index in [9.17, 15) is 0 Å². The fraction of sp³-hybridized carbons (Fsp3) is 1.00. The largest absolute Gasteiger partial charge is 0.375 e. The Hall–Kier alpha value is -0.0800. The Labute approximate surface area is 113 Å². The van der Waals surface area contributed by atoms with Gasteiger partial charge in [0.1, 0.15) is 0 Å². The van der Waals surface area contributed by atoms with Gasteiger partial charge in [-0.2, -0.15) is 0 Å². The minimum Gasteiger partial charge on any atom is -0.375 e. The number of hydrogen-bond acceptors (Lipinski definition) is 2. The quantitative estimate of drug-likeness (QED) is 0.778. The SMILES string of the molecule is CC(C)CNCC1(CC2CCC(C)O2)CCCC1. The first kappa shape index (κ1) is 14.3. The lowest BCUT2D eigenvalue weighted by atomic mass is 9.80. The van der Waals surface area contributed by atoms with Crippen molar-refractivity contribution in [2.75, 3.05) is 13.1 Å². The topological polar surface area (TPSA) is 21.3 Å². The van der Waals surface area contributed by atoms with Crippen LogP contribution in [-0.4, -0.2) is 25.3 Å². The van der Waals surface area contributed by atoms with Gasteiger partial charge in [0.25, 0.3) is 0 Å². The minimum atomic E-state index is 0.497. The maximum atomic E-state index is 6.05. The van der Waals surface area contributed by atoms with Crippen LogP contribution in [0.2, 0.25) is 0 Å². The molecule has 0 aromatic heterocycles. The summed E-state index contributed by atoms with van der Waals surface area (Å²) in [6, 6.07) is 0. The van der Waals surface area contributed by atoms with E-state index in [4.69, 9.17) is 4.74 Å². The highest BCUT2D eigenvalue weighted by Gasteiger charge is 2.37. The second-order valence-corrected chi connectivity index (χ2v) is 7.08. The predicted molar refractivity (Wildman–Crippen MR) is 76.8 cm³/mol. The summed E-state index contributed by atoms with van der Waals surface area (Å²) < 4.78 is 6.05. The van der Waals surface area contributed by atoms with Crippen molar-refractivity contribution in [1.29, 1.82) is 0 Å². The van der Waals surface area contributed by atoms with Crippen LogP contribution in [0.4, 0.5) is 0 Å². The van der Waals surface area contributed by atoms with Gasteiger partial charge in [0.15, 0.2) is 0 Å². The Kier molecular flexibility index (Phi) is 5.08. The van der Waals surface area contributed by atoms with Crippen molar-refractivity contribution < 1.29 is 4.74 Å². The van der Waals surface area contributed by atoms with Gasteiger partial charge in [0, 0.05) is 6.54 Å². The van der Waals surface area contributed by atoms with Gasteiger partial charge in [0.2, 0.25) is 0 Å². The van der Waals surface area contributed by atoms with E-state index in [1.54, 1.807) is 0 Å². The highest BCUT2D eigenvalue weighted by molar-refractivity contribution is 4.90. The first-order valence-corrected chi connectivity index (χ1v) is 7.96. The summed E-state index contributed by atoms with van der Waals surface area (Å²) in [4.78, 5) is 0. The van der Waals surface area contributed by atoms with E-state index in [-0.39, 0.29) is 0 Å². The highest BCUT2D eigenvalue weighted by atomic mass is 16.5. The van der Waals surface area contributed by atoms with Gasteiger partial charge in [-0.15, -0.1) is 0 Å². The zero-order chi connectivity index (χ0) is 13.0. The van der Waals surface area contributed by atoms with Gasteiger partial charge >= 0.3 is 0 Å². The molecular weight excluding hydrogens is 222 g/mol. The van der Waals surface area contributed by atoms with Crippen LogP contribution in [0.1, 0.15) is 65.7 Å². The third-order valence-electron chi connectivity index (χ3n) is 4.70. The molecule has 2 atom stereocenters. The lowest BCUT2D eigenvalue weighted by Crippen LogP contribution is -2.36. The summed E-state index contributed by atoms with van der Waals surface area (Å²) in [5.41, 5.74) is 0.545. The van der Waals surface area contributed by atoms with Crippen LogP contribution in [0.25, 0.3) is 0 Å². The van der Waals surface area contributed by atoms with Crippen LogP contribution >= 0.6 is 0 Å². The second-order valence-electron chi connectivity index (χ2n) is 7.08. The average molecular weight is 253 g/mol. The molecule has 2 unspecified atom stereocenters. The normalized spacial score (nSPS) is 31.3. The van der Waals surface area contributed by atoms with Gasteiger partial charge in [-0.3, -0.25) is 0 Å². The molecule has 0 aromatic carbocycles. The summed E-state index contributed by atoms with van der Waals surface area (Å²) >= 11 is 0. The molecule has 2 rings (SSSR count). The van der Waals surface area contributed by atoms with Crippen molar-refractivity contribution >= 4 is 0 Å². The third-order valence-corrected chi connectivity index (χ3v) is 4.70. The molecule has 2 nitrogen and oxygen atoms in total. The van der Waals surface area contributed by atoms with Gasteiger partial charge < -0.3 is 10.1 Å². The molecule has 2 fully saturated rings. The van der Waals surface area contributed by atoms with Gasteiger partial charge in [-0.1, -0.05) is 26.7 Å². The summed E-state index contributed by atoms with van der Waals surface area (Å²) in [5, 5.41) is 3.70. The van der Waals surface area contributed by atoms with E-state index >= 15 is 0 Å². The summed E-state index contributed by atoms with van der Waals surface area (Å²) in [6.45, 7) is 9.16. The van der Waals surface area contributed by atoms with Crippen LogP contribution in [0, 0.1) is 11.3 Å². The van der Waals surface area contributed by atoms with Crippen LogP contribution < -0.4 is 5.32 Å². The number of rotatable bonds is 6. The average Bonchev–Trinajstić information content (AvgIpc) is 2.89. The number of ether oxygens (including phenoxy) is 1. The molecule has 1 heterocycles. The zero-order valence-corrected chi connectivity index (χ0v) is 12.5. The molecule has 0 aromatic rings. The Morgan fingerprint density at radius 2 is 1.94 bits per heavy atom. The molecule has 1 N–H and O–H groups in total. The van der Waals surface area contributed by atoms with Crippen molar-refractivity contribution in [3.05, 3.63) is 0 Å². The van der Waals surface area contributed by atoms with E-state index in [0.717, 1.165) is 12.5 Å².